The van der Waals surface area contributed by atoms with E-state index in [9.17, 15) is 4.39 Å². The molecule has 0 spiro atoms. The van der Waals surface area contributed by atoms with Gasteiger partial charge in [0.1, 0.15) is 5.82 Å². The molecular formula is C17H19FN2O. The zero-order valence-corrected chi connectivity index (χ0v) is 11.9. The van der Waals surface area contributed by atoms with Crippen molar-refractivity contribution in [2.45, 2.75) is 12.5 Å². The fourth-order valence-corrected chi connectivity index (χ4v) is 2.62. The average Bonchev–Trinajstić information content (AvgIpc) is 2.55. The normalized spacial score (nSPS) is 19.6. The van der Waals surface area contributed by atoms with Gasteiger partial charge in [0, 0.05) is 32.0 Å². The Morgan fingerprint density at radius 3 is 2.67 bits per heavy atom. The quantitative estimate of drug-likeness (QED) is 0.864. The summed E-state index contributed by atoms with van der Waals surface area (Å²) in [5.74, 6) is -0.205. The molecule has 4 heteroatoms. The summed E-state index contributed by atoms with van der Waals surface area (Å²) < 4.78 is 18.8. The SMILES string of the molecule is Fc1ccc([C@H]2CN(CCc3ccncc3)CCO2)cc1. The molecule has 0 radical (unpaired) electrons. The molecule has 21 heavy (non-hydrogen) atoms. The Hall–Kier alpha value is -1.78. The van der Waals surface area contributed by atoms with Gasteiger partial charge in [-0.25, -0.2) is 4.39 Å². The molecule has 2 heterocycles. The van der Waals surface area contributed by atoms with Gasteiger partial charge in [-0.05, 0) is 41.8 Å². The van der Waals surface area contributed by atoms with E-state index in [1.807, 2.05) is 24.5 Å². The highest BCUT2D eigenvalue weighted by atomic mass is 19.1. The highest BCUT2D eigenvalue weighted by molar-refractivity contribution is 5.19. The predicted molar refractivity (Wildman–Crippen MR) is 79.5 cm³/mol. The number of aromatic nitrogens is 1. The van der Waals surface area contributed by atoms with Crippen LogP contribution in [0.25, 0.3) is 0 Å². The molecule has 0 aliphatic carbocycles. The molecule has 0 saturated carbocycles. The molecule has 1 saturated heterocycles. The molecule has 0 unspecified atom stereocenters. The standard InChI is InChI=1S/C17H19FN2O/c18-16-3-1-15(2-4-16)17-13-20(11-12-21-17)10-7-14-5-8-19-9-6-14/h1-6,8-9,17H,7,10-13H2/t17-/m1/s1. The van der Waals surface area contributed by atoms with Crippen molar-refractivity contribution < 1.29 is 9.13 Å². The molecule has 3 rings (SSSR count). The van der Waals surface area contributed by atoms with Crippen molar-refractivity contribution in [3.63, 3.8) is 0 Å². The monoisotopic (exact) mass is 286 g/mol. The van der Waals surface area contributed by atoms with Gasteiger partial charge in [-0.2, -0.15) is 0 Å². The molecule has 1 atom stereocenters. The molecule has 2 aromatic rings. The van der Waals surface area contributed by atoms with Crippen molar-refractivity contribution in [2.75, 3.05) is 26.2 Å². The number of hydrogen-bond acceptors (Lipinski definition) is 3. The zero-order chi connectivity index (χ0) is 14.5. The van der Waals surface area contributed by atoms with Crippen LogP contribution >= 0.6 is 0 Å². The van der Waals surface area contributed by atoms with Crippen LogP contribution in [0, 0.1) is 5.82 Å². The maximum Gasteiger partial charge on any atom is 0.123 e. The van der Waals surface area contributed by atoms with Crippen LogP contribution in [0.5, 0.6) is 0 Å². The smallest absolute Gasteiger partial charge is 0.123 e. The molecule has 110 valence electrons. The number of benzene rings is 1. The fraction of sp³-hybridized carbons (Fsp3) is 0.353. The van der Waals surface area contributed by atoms with Crippen LogP contribution < -0.4 is 0 Å². The van der Waals surface area contributed by atoms with E-state index in [-0.39, 0.29) is 11.9 Å². The summed E-state index contributed by atoms with van der Waals surface area (Å²) in [5, 5.41) is 0. The maximum atomic E-state index is 13.0. The van der Waals surface area contributed by atoms with Gasteiger partial charge in [-0.3, -0.25) is 9.88 Å². The Bertz CT molecular complexity index is 559. The Labute approximate surface area is 124 Å². The summed E-state index contributed by atoms with van der Waals surface area (Å²) in [6.45, 7) is 3.53. The minimum absolute atomic E-state index is 0.0387. The van der Waals surface area contributed by atoms with E-state index < -0.39 is 0 Å². The van der Waals surface area contributed by atoms with Crippen molar-refractivity contribution in [1.82, 2.24) is 9.88 Å². The highest BCUT2D eigenvalue weighted by Crippen LogP contribution is 2.22. The summed E-state index contributed by atoms with van der Waals surface area (Å²) >= 11 is 0. The topological polar surface area (TPSA) is 25.4 Å². The Morgan fingerprint density at radius 2 is 1.90 bits per heavy atom. The summed E-state index contributed by atoms with van der Waals surface area (Å²) in [6.07, 6.45) is 4.71. The van der Waals surface area contributed by atoms with Gasteiger partial charge < -0.3 is 4.74 Å². The van der Waals surface area contributed by atoms with Crippen LogP contribution in [0.2, 0.25) is 0 Å². The average molecular weight is 286 g/mol. The number of hydrogen-bond donors (Lipinski definition) is 0. The van der Waals surface area contributed by atoms with Crippen molar-refractivity contribution in [3.8, 4) is 0 Å². The summed E-state index contributed by atoms with van der Waals surface area (Å²) in [7, 11) is 0. The van der Waals surface area contributed by atoms with Crippen LogP contribution in [-0.4, -0.2) is 36.1 Å². The van der Waals surface area contributed by atoms with Crippen LogP contribution in [0.3, 0.4) is 0 Å². The Morgan fingerprint density at radius 1 is 1.14 bits per heavy atom. The second-order valence-corrected chi connectivity index (χ2v) is 5.32. The van der Waals surface area contributed by atoms with E-state index in [1.54, 1.807) is 0 Å². The first-order valence-electron chi connectivity index (χ1n) is 7.29. The summed E-state index contributed by atoms with van der Waals surface area (Å²) in [5.41, 5.74) is 2.35. The number of pyridine rings is 1. The first-order valence-corrected chi connectivity index (χ1v) is 7.29. The molecule has 0 N–H and O–H groups in total. The van der Waals surface area contributed by atoms with Gasteiger partial charge in [0.05, 0.1) is 12.7 Å². The molecule has 0 bridgehead atoms. The lowest BCUT2D eigenvalue weighted by Crippen LogP contribution is -2.39. The lowest BCUT2D eigenvalue weighted by molar-refractivity contribution is -0.0295. The van der Waals surface area contributed by atoms with Gasteiger partial charge >= 0.3 is 0 Å². The summed E-state index contributed by atoms with van der Waals surface area (Å²) in [6, 6.07) is 10.7. The van der Waals surface area contributed by atoms with E-state index >= 15 is 0 Å². The number of morpholine rings is 1. The zero-order valence-electron chi connectivity index (χ0n) is 11.9. The molecule has 1 fully saturated rings. The van der Waals surface area contributed by atoms with Gasteiger partial charge in [0.2, 0.25) is 0 Å². The van der Waals surface area contributed by atoms with Crippen molar-refractivity contribution in [1.29, 1.82) is 0 Å². The Balaban J connectivity index is 1.57. The molecule has 0 amide bonds. The minimum Gasteiger partial charge on any atom is -0.371 e. The molecular weight excluding hydrogens is 267 g/mol. The first kappa shape index (κ1) is 14.2. The van der Waals surface area contributed by atoms with Crippen molar-refractivity contribution >= 4 is 0 Å². The predicted octanol–water partition coefficient (Wildman–Crippen LogP) is 2.84. The largest absolute Gasteiger partial charge is 0.371 e. The second kappa shape index (κ2) is 6.78. The van der Waals surface area contributed by atoms with Crippen LogP contribution in [0.15, 0.2) is 48.8 Å². The minimum atomic E-state index is -0.205. The number of ether oxygens (including phenoxy) is 1. The lowest BCUT2D eigenvalue weighted by atomic mass is 10.1. The van der Waals surface area contributed by atoms with Crippen LogP contribution in [0.4, 0.5) is 4.39 Å². The van der Waals surface area contributed by atoms with E-state index in [2.05, 4.69) is 22.0 Å². The molecule has 1 aliphatic heterocycles. The number of rotatable bonds is 4. The number of halogens is 1. The maximum absolute atomic E-state index is 13.0. The van der Waals surface area contributed by atoms with Gasteiger partial charge in [-0.1, -0.05) is 12.1 Å². The van der Waals surface area contributed by atoms with E-state index in [1.165, 1.54) is 17.7 Å². The van der Waals surface area contributed by atoms with E-state index in [4.69, 9.17) is 4.74 Å². The second-order valence-electron chi connectivity index (χ2n) is 5.32. The third-order valence-corrected chi connectivity index (χ3v) is 3.86. The van der Waals surface area contributed by atoms with Gasteiger partial charge in [-0.15, -0.1) is 0 Å². The molecule has 1 aliphatic rings. The fourth-order valence-electron chi connectivity index (χ4n) is 2.62. The molecule has 1 aromatic carbocycles. The van der Waals surface area contributed by atoms with E-state index in [0.29, 0.717) is 0 Å². The molecule has 1 aromatic heterocycles. The van der Waals surface area contributed by atoms with Crippen LogP contribution in [0.1, 0.15) is 17.2 Å². The lowest BCUT2D eigenvalue weighted by Gasteiger charge is -2.33. The van der Waals surface area contributed by atoms with Crippen molar-refractivity contribution in [3.05, 3.63) is 65.7 Å². The third kappa shape index (κ3) is 3.86. The summed E-state index contributed by atoms with van der Waals surface area (Å²) in [4.78, 5) is 6.44. The van der Waals surface area contributed by atoms with Gasteiger partial charge in [0.25, 0.3) is 0 Å². The first-order chi connectivity index (χ1) is 10.3. The number of nitrogens with zero attached hydrogens (tertiary/aromatic N) is 2. The van der Waals surface area contributed by atoms with Crippen LogP contribution in [-0.2, 0) is 11.2 Å². The van der Waals surface area contributed by atoms with Crippen molar-refractivity contribution in [2.24, 2.45) is 0 Å². The Kier molecular flexibility index (Phi) is 4.58. The molecule has 3 nitrogen and oxygen atoms in total. The van der Waals surface area contributed by atoms with Gasteiger partial charge in [0.15, 0.2) is 0 Å². The third-order valence-electron chi connectivity index (χ3n) is 3.86. The highest BCUT2D eigenvalue weighted by Gasteiger charge is 2.21. The van der Waals surface area contributed by atoms with E-state index in [0.717, 1.165) is 38.2 Å².